The fraction of sp³-hybridized carbons (Fsp3) is 0.571. The molecule has 0 spiro atoms. The van der Waals surface area contributed by atoms with Crippen LogP contribution in [0.25, 0.3) is 0 Å². The monoisotopic (exact) mass is 392 g/mol. The van der Waals surface area contributed by atoms with Gasteiger partial charge < -0.3 is 20.5 Å². The predicted octanol–water partition coefficient (Wildman–Crippen LogP) is 2.32. The summed E-state index contributed by atoms with van der Waals surface area (Å²) < 4.78 is 10.5. The highest BCUT2D eigenvalue weighted by Crippen LogP contribution is 2.11. The van der Waals surface area contributed by atoms with Crippen molar-refractivity contribution in [2.24, 2.45) is 11.7 Å². The SMILES string of the molecule is CC(C)C[C@@H](NC(=O)[C@@H](N)CC(=O)OC(C)(C)C)C(=O)OCc1ccccc1. The van der Waals surface area contributed by atoms with Crippen LogP contribution in [0.2, 0.25) is 0 Å². The Morgan fingerprint density at radius 3 is 2.25 bits per heavy atom. The standard InChI is InChI=1S/C21H32N2O5/c1-14(2)11-17(20(26)27-13-15-9-7-6-8-10-15)23-19(25)16(22)12-18(24)28-21(3,4)5/h6-10,14,16-17H,11-13,22H2,1-5H3,(H,23,25)/t16-,17+/m0/s1. The van der Waals surface area contributed by atoms with E-state index >= 15 is 0 Å². The Bertz CT molecular complexity index is 653. The second-order valence-electron chi connectivity index (χ2n) is 8.18. The maximum absolute atomic E-state index is 12.5. The molecule has 156 valence electrons. The molecule has 0 heterocycles. The zero-order chi connectivity index (χ0) is 21.3. The quantitative estimate of drug-likeness (QED) is 0.625. The van der Waals surface area contributed by atoms with E-state index in [4.69, 9.17) is 15.2 Å². The number of nitrogens with two attached hydrogens (primary N) is 1. The first-order valence-corrected chi connectivity index (χ1v) is 9.46. The number of ether oxygens (including phenoxy) is 2. The number of hydrogen-bond acceptors (Lipinski definition) is 6. The Balaban J connectivity index is 2.64. The lowest BCUT2D eigenvalue weighted by Gasteiger charge is -2.23. The molecule has 0 aliphatic carbocycles. The van der Waals surface area contributed by atoms with Gasteiger partial charge in [0.15, 0.2) is 0 Å². The Morgan fingerprint density at radius 1 is 1.11 bits per heavy atom. The number of rotatable bonds is 9. The fourth-order valence-electron chi connectivity index (χ4n) is 2.45. The molecule has 28 heavy (non-hydrogen) atoms. The van der Waals surface area contributed by atoms with E-state index in [1.54, 1.807) is 20.8 Å². The molecule has 0 aliphatic heterocycles. The summed E-state index contributed by atoms with van der Waals surface area (Å²) in [5.74, 6) is -1.54. The lowest BCUT2D eigenvalue weighted by atomic mass is 10.0. The molecule has 0 unspecified atom stereocenters. The number of benzene rings is 1. The average molecular weight is 392 g/mol. The largest absolute Gasteiger partial charge is 0.460 e. The number of esters is 2. The van der Waals surface area contributed by atoms with Gasteiger partial charge in [0.25, 0.3) is 0 Å². The maximum atomic E-state index is 12.5. The van der Waals surface area contributed by atoms with E-state index in [9.17, 15) is 14.4 Å². The molecule has 7 heteroatoms. The van der Waals surface area contributed by atoms with Crippen molar-refractivity contribution >= 4 is 17.8 Å². The van der Waals surface area contributed by atoms with Gasteiger partial charge in [-0.05, 0) is 38.7 Å². The molecule has 1 rings (SSSR count). The number of carbonyl (C=O) groups is 3. The number of amides is 1. The van der Waals surface area contributed by atoms with Crippen LogP contribution in [0.15, 0.2) is 30.3 Å². The molecule has 7 nitrogen and oxygen atoms in total. The fourth-order valence-corrected chi connectivity index (χ4v) is 2.45. The zero-order valence-electron chi connectivity index (χ0n) is 17.4. The van der Waals surface area contributed by atoms with Crippen LogP contribution in [0.1, 0.15) is 53.0 Å². The molecule has 0 saturated heterocycles. The van der Waals surface area contributed by atoms with Crippen LogP contribution in [-0.4, -0.2) is 35.5 Å². The highest BCUT2D eigenvalue weighted by atomic mass is 16.6. The zero-order valence-corrected chi connectivity index (χ0v) is 17.4. The van der Waals surface area contributed by atoms with Crippen molar-refractivity contribution in [2.45, 2.75) is 71.8 Å². The van der Waals surface area contributed by atoms with Crippen molar-refractivity contribution in [3.8, 4) is 0 Å². The molecule has 0 fully saturated rings. The van der Waals surface area contributed by atoms with Gasteiger partial charge in [0.1, 0.15) is 18.2 Å². The molecule has 2 atom stereocenters. The Labute approximate surface area is 167 Å². The van der Waals surface area contributed by atoms with Crippen molar-refractivity contribution in [1.82, 2.24) is 5.32 Å². The van der Waals surface area contributed by atoms with Crippen molar-refractivity contribution in [1.29, 1.82) is 0 Å². The minimum absolute atomic E-state index is 0.119. The lowest BCUT2D eigenvalue weighted by molar-refractivity contribution is -0.156. The summed E-state index contributed by atoms with van der Waals surface area (Å²) in [7, 11) is 0. The Hall–Kier alpha value is -2.41. The molecule has 0 saturated carbocycles. The minimum Gasteiger partial charge on any atom is -0.460 e. The van der Waals surface area contributed by atoms with E-state index in [2.05, 4.69) is 5.32 Å². The van der Waals surface area contributed by atoms with Crippen molar-refractivity contribution < 1.29 is 23.9 Å². The van der Waals surface area contributed by atoms with E-state index in [0.717, 1.165) is 5.56 Å². The van der Waals surface area contributed by atoms with Gasteiger partial charge >= 0.3 is 11.9 Å². The van der Waals surface area contributed by atoms with Crippen molar-refractivity contribution in [3.05, 3.63) is 35.9 Å². The molecule has 3 N–H and O–H groups in total. The van der Waals surface area contributed by atoms with Crippen LogP contribution < -0.4 is 11.1 Å². The molecule has 1 aromatic carbocycles. The highest BCUT2D eigenvalue weighted by molar-refractivity contribution is 5.90. The first kappa shape index (κ1) is 23.6. The summed E-state index contributed by atoms with van der Waals surface area (Å²) in [6.45, 7) is 9.19. The van der Waals surface area contributed by atoms with Gasteiger partial charge in [-0.15, -0.1) is 0 Å². The van der Waals surface area contributed by atoms with Gasteiger partial charge in [-0.3, -0.25) is 9.59 Å². The molecule has 1 amide bonds. The highest BCUT2D eigenvalue weighted by Gasteiger charge is 2.28. The maximum Gasteiger partial charge on any atom is 0.328 e. The smallest absolute Gasteiger partial charge is 0.328 e. The van der Waals surface area contributed by atoms with Crippen LogP contribution in [0.3, 0.4) is 0 Å². The van der Waals surface area contributed by atoms with Crippen LogP contribution in [0, 0.1) is 5.92 Å². The van der Waals surface area contributed by atoms with Crippen LogP contribution in [0.5, 0.6) is 0 Å². The van der Waals surface area contributed by atoms with E-state index in [1.807, 2.05) is 44.2 Å². The van der Waals surface area contributed by atoms with Crippen LogP contribution >= 0.6 is 0 Å². The van der Waals surface area contributed by atoms with Crippen molar-refractivity contribution in [2.75, 3.05) is 0 Å². The number of nitrogens with one attached hydrogen (secondary N) is 1. The molecular formula is C21H32N2O5. The van der Waals surface area contributed by atoms with Crippen LogP contribution in [0.4, 0.5) is 0 Å². The Kier molecular flexibility index (Phi) is 9.12. The minimum atomic E-state index is -1.11. The third-order valence-corrected chi connectivity index (χ3v) is 3.68. The van der Waals surface area contributed by atoms with Gasteiger partial charge in [-0.2, -0.15) is 0 Å². The van der Waals surface area contributed by atoms with E-state index in [1.165, 1.54) is 0 Å². The third kappa shape index (κ3) is 9.50. The molecule has 0 bridgehead atoms. The van der Waals surface area contributed by atoms with Gasteiger partial charge in [0, 0.05) is 0 Å². The van der Waals surface area contributed by atoms with Crippen LogP contribution in [-0.2, 0) is 30.5 Å². The van der Waals surface area contributed by atoms with Gasteiger partial charge in [-0.25, -0.2) is 4.79 Å². The first-order chi connectivity index (χ1) is 13.0. The number of carbonyl (C=O) groups excluding carboxylic acids is 3. The van der Waals surface area contributed by atoms with Gasteiger partial charge in [0.05, 0.1) is 12.5 Å². The molecule has 0 aromatic heterocycles. The third-order valence-electron chi connectivity index (χ3n) is 3.68. The average Bonchev–Trinajstić information content (AvgIpc) is 2.57. The van der Waals surface area contributed by atoms with E-state index in [0.29, 0.717) is 6.42 Å². The summed E-state index contributed by atoms with van der Waals surface area (Å²) in [5.41, 5.74) is 6.01. The predicted molar refractivity (Wildman–Crippen MR) is 106 cm³/mol. The molecule has 0 aliphatic rings. The summed E-state index contributed by atoms with van der Waals surface area (Å²) in [6.07, 6.45) is 0.134. The van der Waals surface area contributed by atoms with Crippen molar-refractivity contribution in [3.63, 3.8) is 0 Å². The molecule has 1 aromatic rings. The second kappa shape index (κ2) is 10.8. The number of hydrogen-bond donors (Lipinski definition) is 2. The van der Waals surface area contributed by atoms with Gasteiger partial charge in [-0.1, -0.05) is 44.2 Å². The first-order valence-electron chi connectivity index (χ1n) is 9.46. The summed E-state index contributed by atoms with van der Waals surface area (Å²) >= 11 is 0. The Morgan fingerprint density at radius 2 is 1.71 bits per heavy atom. The second-order valence-corrected chi connectivity index (χ2v) is 8.18. The topological polar surface area (TPSA) is 108 Å². The van der Waals surface area contributed by atoms with E-state index < -0.39 is 35.5 Å². The molecule has 0 radical (unpaired) electrons. The lowest BCUT2D eigenvalue weighted by Crippen LogP contribution is -2.50. The summed E-state index contributed by atoms with van der Waals surface area (Å²) in [5, 5.41) is 2.61. The van der Waals surface area contributed by atoms with E-state index in [-0.39, 0.29) is 18.9 Å². The normalized spacial score (nSPS) is 13.5. The summed E-state index contributed by atoms with van der Waals surface area (Å²) in [4.78, 5) is 36.7. The molecular weight excluding hydrogens is 360 g/mol. The summed E-state index contributed by atoms with van der Waals surface area (Å²) in [6, 6.07) is 7.34. The van der Waals surface area contributed by atoms with Gasteiger partial charge in [0.2, 0.25) is 5.91 Å².